The molecule has 0 atom stereocenters. The normalized spacial score (nSPS) is 20.0. The van der Waals surface area contributed by atoms with E-state index in [0.29, 0.717) is 11.8 Å². The second kappa shape index (κ2) is 5.66. The average molecular weight is 324 g/mol. The average Bonchev–Trinajstić information content (AvgIpc) is 3.18. The van der Waals surface area contributed by atoms with Crippen molar-refractivity contribution in [2.24, 2.45) is 0 Å². The Balaban J connectivity index is 1.32. The molecule has 0 unspecified atom stereocenters. The number of hydrogen-bond acceptors (Lipinski definition) is 6. The fourth-order valence-corrected chi connectivity index (χ4v) is 3.54. The van der Waals surface area contributed by atoms with Gasteiger partial charge in [0, 0.05) is 11.8 Å². The highest BCUT2D eigenvalue weighted by atomic mass is 16.3. The van der Waals surface area contributed by atoms with Gasteiger partial charge in [-0.25, -0.2) is 4.98 Å². The summed E-state index contributed by atoms with van der Waals surface area (Å²) in [5.41, 5.74) is 2.04. The van der Waals surface area contributed by atoms with Crippen molar-refractivity contribution in [1.29, 1.82) is 0 Å². The molecular weight excluding hydrogens is 304 g/mol. The molecule has 7 heteroatoms. The van der Waals surface area contributed by atoms with E-state index >= 15 is 0 Å². The predicted molar refractivity (Wildman–Crippen MR) is 86.5 cm³/mol. The molecule has 0 bridgehead atoms. The maximum atomic E-state index is 5.35. The highest BCUT2D eigenvalue weighted by Crippen LogP contribution is 2.39. The largest absolute Gasteiger partial charge is 0.448 e. The third-order valence-corrected chi connectivity index (χ3v) is 5.10. The minimum absolute atomic E-state index is 0.419. The maximum absolute atomic E-state index is 5.35. The van der Waals surface area contributed by atoms with Crippen LogP contribution in [0.3, 0.4) is 0 Å². The van der Waals surface area contributed by atoms with E-state index in [2.05, 4.69) is 32.2 Å². The first-order valence-corrected chi connectivity index (χ1v) is 8.70. The van der Waals surface area contributed by atoms with Crippen LogP contribution in [0.4, 0.5) is 0 Å². The Hall–Kier alpha value is -2.28. The molecule has 0 aromatic carbocycles. The fraction of sp³-hybridized carbons (Fsp3) is 0.529. The monoisotopic (exact) mass is 324 g/mol. The lowest BCUT2D eigenvalue weighted by Crippen LogP contribution is -2.33. The van der Waals surface area contributed by atoms with Crippen LogP contribution in [0.2, 0.25) is 0 Å². The Morgan fingerprint density at radius 3 is 2.67 bits per heavy atom. The first-order valence-electron chi connectivity index (χ1n) is 8.70. The van der Waals surface area contributed by atoms with Gasteiger partial charge in [0.05, 0.1) is 18.4 Å². The van der Waals surface area contributed by atoms with Gasteiger partial charge in [-0.3, -0.25) is 4.90 Å². The van der Waals surface area contributed by atoms with Crippen molar-refractivity contribution < 1.29 is 4.42 Å². The van der Waals surface area contributed by atoms with E-state index in [0.717, 1.165) is 49.8 Å². The number of likely N-dealkylation sites (tertiary alicyclic amines) is 1. The van der Waals surface area contributed by atoms with E-state index in [4.69, 9.17) is 9.52 Å². The van der Waals surface area contributed by atoms with Crippen molar-refractivity contribution in [1.82, 2.24) is 29.7 Å². The van der Waals surface area contributed by atoms with E-state index in [-0.39, 0.29) is 0 Å². The summed E-state index contributed by atoms with van der Waals surface area (Å²) in [6.45, 7) is 2.82. The van der Waals surface area contributed by atoms with Crippen LogP contribution in [-0.2, 0) is 6.54 Å². The highest BCUT2D eigenvalue weighted by molar-refractivity contribution is 5.38. The van der Waals surface area contributed by atoms with Gasteiger partial charge in [0.15, 0.2) is 11.5 Å². The molecule has 1 aliphatic carbocycles. The summed E-state index contributed by atoms with van der Waals surface area (Å²) >= 11 is 0. The predicted octanol–water partition coefficient (Wildman–Crippen LogP) is 2.37. The van der Waals surface area contributed by atoms with Crippen molar-refractivity contribution in [2.45, 2.75) is 44.1 Å². The smallest absolute Gasteiger partial charge is 0.208 e. The molecule has 1 saturated carbocycles. The number of fused-ring (bicyclic) bond motifs is 1. The molecule has 124 valence electrons. The Labute approximate surface area is 139 Å². The first-order chi connectivity index (χ1) is 11.9. The van der Waals surface area contributed by atoms with Gasteiger partial charge in [0.1, 0.15) is 6.26 Å². The third kappa shape index (κ3) is 2.58. The molecule has 24 heavy (non-hydrogen) atoms. The Bertz CT molecular complexity index is 830. The van der Waals surface area contributed by atoms with E-state index in [1.165, 1.54) is 18.5 Å². The number of piperidine rings is 1. The molecule has 3 aromatic heterocycles. The van der Waals surface area contributed by atoms with Crippen LogP contribution in [0.5, 0.6) is 0 Å². The van der Waals surface area contributed by atoms with Crippen LogP contribution in [0.15, 0.2) is 29.0 Å². The number of nitrogens with zero attached hydrogens (tertiary/aromatic N) is 6. The second-order valence-electron chi connectivity index (χ2n) is 6.84. The maximum Gasteiger partial charge on any atom is 0.208 e. The molecule has 1 saturated heterocycles. The van der Waals surface area contributed by atoms with Crippen molar-refractivity contribution in [3.05, 3.63) is 42.0 Å². The molecule has 3 aromatic rings. The Morgan fingerprint density at radius 1 is 1.04 bits per heavy atom. The summed E-state index contributed by atoms with van der Waals surface area (Å²) in [6.07, 6.45) is 7.99. The summed E-state index contributed by atoms with van der Waals surface area (Å²) < 4.78 is 7.32. The van der Waals surface area contributed by atoms with Crippen molar-refractivity contribution >= 4 is 5.65 Å². The molecular formula is C17H20N6O. The van der Waals surface area contributed by atoms with Gasteiger partial charge < -0.3 is 4.42 Å². The van der Waals surface area contributed by atoms with Gasteiger partial charge in [-0.15, -0.1) is 10.2 Å². The number of rotatable bonds is 4. The van der Waals surface area contributed by atoms with Gasteiger partial charge in [-0.2, -0.15) is 9.61 Å². The van der Waals surface area contributed by atoms with E-state index in [9.17, 15) is 0 Å². The summed E-state index contributed by atoms with van der Waals surface area (Å²) in [7, 11) is 0. The van der Waals surface area contributed by atoms with Gasteiger partial charge >= 0.3 is 0 Å². The molecule has 1 aliphatic heterocycles. The fourth-order valence-electron chi connectivity index (χ4n) is 3.54. The quantitative estimate of drug-likeness (QED) is 0.733. The molecule has 0 N–H and O–H groups in total. The molecule has 2 aliphatic rings. The number of aromatic nitrogens is 5. The zero-order valence-corrected chi connectivity index (χ0v) is 13.5. The molecule has 2 fully saturated rings. The lowest BCUT2D eigenvalue weighted by molar-refractivity contribution is 0.184. The van der Waals surface area contributed by atoms with E-state index < -0.39 is 0 Å². The van der Waals surface area contributed by atoms with Crippen LogP contribution in [-0.4, -0.2) is 42.8 Å². The van der Waals surface area contributed by atoms with Crippen LogP contribution in [0, 0.1) is 0 Å². The minimum atomic E-state index is 0.419. The topological polar surface area (TPSA) is 72.4 Å². The molecule has 0 spiro atoms. The molecule has 5 rings (SSSR count). The Morgan fingerprint density at radius 2 is 1.92 bits per heavy atom. The molecule has 4 heterocycles. The van der Waals surface area contributed by atoms with Gasteiger partial charge in [-0.1, -0.05) is 0 Å². The Kier molecular flexibility index (Phi) is 3.33. The lowest BCUT2D eigenvalue weighted by Gasteiger charge is -2.29. The van der Waals surface area contributed by atoms with Crippen LogP contribution in [0.25, 0.3) is 5.65 Å². The first kappa shape index (κ1) is 14.1. The zero-order valence-electron chi connectivity index (χ0n) is 13.5. The third-order valence-electron chi connectivity index (χ3n) is 5.10. The molecule has 0 amide bonds. The van der Waals surface area contributed by atoms with E-state index in [1.54, 1.807) is 12.5 Å². The minimum Gasteiger partial charge on any atom is -0.448 e. The number of oxazole rings is 1. The van der Waals surface area contributed by atoms with E-state index in [1.807, 2.05) is 4.52 Å². The van der Waals surface area contributed by atoms with Crippen molar-refractivity contribution in [2.75, 3.05) is 13.1 Å². The van der Waals surface area contributed by atoms with Crippen LogP contribution >= 0.6 is 0 Å². The molecule has 7 nitrogen and oxygen atoms in total. The summed E-state index contributed by atoms with van der Waals surface area (Å²) in [4.78, 5) is 6.59. The van der Waals surface area contributed by atoms with Gasteiger partial charge in [-0.05, 0) is 50.9 Å². The summed E-state index contributed by atoms with van der Waals surface area (Å²) in [6, 6.07) is 4.15. The van der Waals surface area contributed by atoms with Crippen molar-refractivity contribution in [3.8, 4) is 0 Å². The molecule has 0 radical (unpaired) electrons. The van der Waals surface area contributed by atoms with Gasteiger partial charge in [0.2, 0.25) is 5.89 Å². The number of hydrogen-bond donors (Lipinski definition) is 0. The summed E-state index contributed by atoms with van der Waals surface area (Å²) in [5, 5.41) is 13.6. The SMILES string of the molecule is c1coc(CN2CCC(c3nnc4ccc(C5CC5)nn34)CC2)n1. The highest BCUT2D eigenvalue weighted by Gasteiger charge is 2.28. The lowest BCUT2D eigenvalue weighted by atomic mass is 9.96. The standard InChI is InChI=1S/C17H20N6O/c1-2-12(1)14-3-4-15-19-20-17(23(15)21-14)13-5-8-22(9-6-13)11-16-18-7-10-24-16/h3-4,7,10,12-13H,1-2,5-6,8-9,11H2. The van der Waals surface area contributed by atoms with Crippen molar-refractivity contribution in [3.63, 3.8) is 0 Å². The zero-order chi connectivity index (χ0) is 15.9. The summed E-state index contributed by atoms with van der Waals surface area (Å²) in [5.74, 6) is 2.87. The second-order valence-corrected chi connectivity index (χ2v) is 6.84. The van der Waals surface area contributed by atoms with Crippen LogP contribution < -0.4 is 0 Å². The van der Waals surface area contributed by atoms with Crippen LogP contribution in [0.1, 0.15) is 54.9 Å². The van der Waals surface area contributed by atoms with Gasteiger partial charge in [0.25, 0.3) is 0 Å².